The second-order valence-electron chi connectivity index (χ2n) is 7.66. The number of benzene rings is 3. The van der Waals surface area contributed by atoms with E-state index in [-0.39, 0.29) is 10.2 Å². The number of nitrogens with one attached hydrogen (secondary N) is 1. The fourth-order valence-corrected chi connectivity index (χ4v) is 3.98. The molecule has 0 saturated carbocycles. The number of ether oxygens (including phenoxy) is 1. The molecule has 0 spiro atoms. The third-order valence-corrected chi connectivity index (χ3v) is 5.74. The number of hydrogen-bond donors (Lipinski definition) is 1. The van der Waals surface area contributed by atoms with Crippen LogP contribution in [-0.2, 0) is 6.54 Å². The first-order chi connectivity index (χ1) is 17.2. The number of anilines is 1. The number of amides is 1. The molecule has 182 valence electrons. The zero-order chi connectivity index (χ0) is 25.3. The lowest BCUT2D eigenvalue weighted by Gasteiger charge is -2.12. The number of carbonyl (C=O) groups excluding carboxylic acids is 1. The summed E-state index contributed by atoms with van der Waals surface area (Å²) in [5.74, 6) is -0.0143. The summed E-state index contributed by atoms with van der Waals surface area (Å²) in [5.41, 5.74) is 2.04. The number of hydrogen-bond acceptors (Lipinski definition) is 6. The average molecular weight is 558 g/mol. The van der Waals surface area contributed by atoms with Gasteiger partial charge in [-0.3, -0.25) is 4.79 Å². The van der Waals surface area contributed by atoms with Crippen LogP contribution in [0.2, 0.25) is 0 Å². The van der Waals surface area contributed by atoms with Crippen LogP contribution in [0.3, 0.4) is 0 Å². The Morgan fingerprint density at radius 3 is 2.61 bits per heavy atom. The molecule has 36 heavy (non-hydrogen) atoms. The van der Waals surface area contributed by atoms with E-state index in [0.29, 0.717) is 29.3 Å². The molecule has 0 aliphatic rings. The number of carbonyl (C=O) groups is 1. The Hall–Kier alpha value is -4.19. The standard InChI is InChI=1S/C24H15BrF3N5O3/c25-18-12-17(8-9-19(18)36-24(26,27)28)29-23(34)16-7-6-15-10-21(35-20(15)11-16)22-30-31-32-33(22)13-14-4-2-1-3-5-14/h1-12H,13H2,(H,29,34). The second kappa shape index (κ2) is 9.46. The Morgan fingerprint density at radius 2 is 1.86 bits per heavy atom. The largest absolute Gasteiger partial charge is 0.573 e. The van der Waals surface area contributed by atoms with E-state index >= 15 is 0 Å². The van der Waals surface area contributed by atoms with Crippen LogP contribution < -0.4 is 10.1 Å². The first kappa shape index (κ1) is 23.5. The number of fused-ring (bicyclic) bond motifs is 1. The molecular weight excluding hydrogens is 543 g/mol. The van der Waals surface area contributed by atoms with Crippen LogP contribution >= 0.6 is 15.9 Å². The summed E-state index contributed by atoms with van der Waals surface area (Å²) in [5, 5.41) is 15.2. The summed E-state index contributed by atoms with van der Waals surface area (Å²) in [7, 11) is 0. The molecular formula is C24H15BrF3N5O3. The highest BCUT2D eigenvalue weighted by atomic mass is 79.9. The lowest BCUT2D eigenvalue weighted by Crippen LogP contribution is -2.17. The third kappa shape index (κ3) is 5.23. The van der Waals surface area contributed by atoms with Crippen molar-refractivity contribution < 1.29 is 27.1 Å². The molecule has 8 nitrogen and oxygen atoms in total. The Morgan fingerprint density at radius 1 is 1.06 bits per heavy atom. The van der Waals surface area contributed by atoms with Gasteiger partial charge >= 0.3 is 6.36 Å². The molecule has 0 aliphatic heterocycles. The first-order valence-corrected chi connectivity index (χ1v) is 11.3. The zero-order valence-electron chi connectivity index (χ0n) is 18.2. The van der Waals surface area contributed by atoms with E-state index in [4.69, 9.17) is 4.42 Å². The van der Waals surface area contributed by atoms with E-state index in [1.165, 1.54) is 12.1 Å². The Bertz CT molecular complexity index is 1550. The summed E-state index contributed by atoms with van der Waals surface area (Å²) >= 11 is 3.02. The van der Waals surface area contributed by atoms with E-state index in [9.17, 15) is 18.0 Å². The zero-order valence-corrected chi connectivity index (χ0v) is 19.7. The molecule has 2 aromatic heterocycles. The molecule has 3 aromatic carbocycles. The van der Waals surface area contributed by atoms with Crippen LogP contribution in [-0.4, -0.2) is 32.5 Å². The lowest BCUT2D eigenvalue weighted by molar-refractivity contribution is -0.274. The lowest BCUT2D eigenvalue weighted by atomic mass is 10.1. The van der Waals surface area contributed by atoms with E-state index in [0.717, 1.165) is 17.0 Å². The van der Waals surface area contributed by atoms with Gasteiger partial charge in [0.1, 0.15) is 11.3 Å². The highest BCUT2D eigenvalue weighted by molar-refractivity contribution is 9.10. The molecule has 0 bridgehead atoms. The molecule has 0 unspecified atom stereocenters. The molecule has 0 atom stereocenters. The number of nitrogens with zero attached hydrogens (tertiary/aromatic N) is 4. The van der Waals surface area contributed by atoms with E-state index < -0.39 is 18.0 Å². The van der Waals surface area contributed by atoms with Crippen molar-refractivity contribution in [2.75, 3.05) is 5.32 Å². The van der Waals surface area contributed by atoms with Crippen molar-refractivity contribution in [2.24, 2.45) is 0 Å². The number of furan rings is 1. The summed E-state index contributed by atoms with van der Waals surface area (Å²) in [6.07, 6.45) is -4.82. The highest BCUT2D eigenvalue weighted by Crippen LogP contribution is 2.33. The number of rotatable bonds is 6. The second-order valence-corrected chi connectivity index (χ2v) is 8.51. The maximum Gasteiger partial charge on any atom is 0.573 e. The summed E-state index contributed by atoms with van der Waals surface area (Å²) in [6.45, 7) is 0.455. The smallest absolute Gasteiger partial charge is 0.453 e. The van der Waals surface area contributed by atoms with Crippen LogP contribution in [0.1, 0.15) is 15.9 Å². The van der Waals surface area contributed by atoms with Gasteiger partial charge in [0.25, 0.3) is 5.91 Å². The minimum absolute atomic E-state index is 0.0389. The van der Waals surface area contributed by atoms with Gasteiger partial charge in [-0.25, -0.2) is 4.68 Å². The Balaban J connectivity index is 1.35. The molecule has 0 saturated heterocycles. The third-order valence-electron chi connectivity index (χ3n) is 5.13. The predicted molar refractivity (Wildman–Crippen MR) is 127 cm³/mol. The molecule has 5 aromatic rings. The van der Waals surface area contributed by atoms with Crippen molar-refractivity contribution in [1.29, 1.82) is 0 Å². The van der Waals surface area contributed by atoms with Crippen molar-refractivity contribution in [1.82, 2.24) is 20.2 Å². The SMILES string of the molecule is O=C(Nc1ccc(OC(F)(F)F)c(Br)c1)c1ccc2cc(-c3nnnn3Cc3ccccc3)oc2c1. The number of tetrazole rings is 1. The Kier molecular flexibility index (Phi) is 6.18. The van der Waals surface area contributed by atoms with Crippen molar-refractivity contribution in [2.45, 2.75) is 12.9 Å². The molecule has 0 fully saturated rings. The van der Waals surface area contributed by atoms with Gasteiger partial charge in [-0.15, -0.1) is 18.3 Å². The molecule has 1 N–H and O–H groups in total. The van der Waals surface area contributed by atoms with Crippen molar-refractivity contribution in [3.05, 3.63) is 88.4 Å². The highest BCUT2D eigenvalue weighted by Gasteiger charge is 2.32. The van der Waals surface area contributed by atoms with Crippen LogP contribution in [0, 0.1) is 0 Å². The van der Waals surface area contributed by atoms with E-state index in [2.05, 4.69) is 41.5 Å². The molecule has 0 radical (unpaired) electrons. The van der Waals surface area contributed by atoms with Crippen molar-refractivity contribution >= 4 is 38.5 Å². The monoisotopic (exact) mass is 557 g/mol. The fourth-order valence-electron chi connectivity index (χ4n) is 3.52. The first-order valence-electron chi connectivity index (χ1n) is 10.5. The summed E-state index contributed by atoms with van der Waals surface area (Å²) < 4.78 is 48.9. The Labute approximate surface area is 209 Å². The van der Waals surface area contributed by atoms with Gasteiger partial charge in [0.2, 0.25) is 5.82 Å². The molecule has 1 amide bonds. The molecule has 0 aliphatic carbocycles. The quantitative estimate of drug-likeness (QED) is 0.273. The fraction of sp³-hybridized carbons (Fsp3) is 0.0833. The van der Waals surface area contributed by atoms with E-state index in [1.807, 2.05) is 30.3 Å². The number of aromatic nitrogens is 4. The van der Waals surface area contributed by atoms with Crippen LogP contribution in [0.25, 0.3) is 22.6 Å². The van der Waals surface area contributed by atoms with E-state index in [1.54, 1.807) is 28.9 Å². The van der Waals surface area contributed by atoms with Crippen LogP contribution in [0.5, 0.6) is 5.75 Å². The van der Waals surface area contributed by atoms with Gasteiger partial charge < -0.3 is 14.5 Å². The van der Waals surface area contributed by atoms with Gasteiger partial charge in [-0.2, -0.15) is 0 Å². The molecule has 2 heterocycles. The van der Waals surface area contributed by atoms with Gasteiger partial charge in [-0.05, 0) is 68.3 Å². The van der Waals surface area contributed by atoms with Gasteiger partial charge in [-0.1, -0.05) is 36.4 Å². The summed E-state index contributed by atoms with van der Waals surface area (Å²) in [4.78, 5) is 12.8. The summed E-state index contributed by atoms with van der Waals surface area (Å²) in [6, 6.07) is 20.1. The number of halogens is 4. The minimum atomic E-state index is -4.82. The maximum absolute atomic E-state index is 12.8. The number of alkyl halides is 3. The molecule has 12 heteroatoms. The van der Waals surface area contributed by atoms with Gasteiger partial charge in [0, 0.05) is 16.6 Å². The van der Waals surface area contributed by atoms with Crippen molar-refractivity contribution in [3.8, 4) is 17.3 Å². The predicted octanol–water partition coefficient (Wildman–Crippen LogP) is 6.05. The van der Waals surface area contributed by atoms with Crippen LogP contribution in [0.4, 0.5) is 18.9 Å². The topological polar surface area (TPSA) is 95.1 Å². The normalized spacial score (nSPS) is 11.6. The minimum Gasteiger partial charge on any atom is -0.453 e. The van der Waals surface area contributed by atoms with Gasteiger partial charge in [0.05, 0.1) is 11.0 Å². The van der Waals surface area contributed by atoms with Crippen molar-refractivity contribution in [3.63, 3.8) is 0 Å². The van der Waals surface area contributed by atoms with Crippen LogP contribution in [0.15, 0.2) is 81.7 Å². The maximum atomic E-state index is 12.8. The molecule has 5 rings (SSSR count). The average Bonchev–Trinajstić information content (AvgIpc) is 3.46. The van der Waals surface area contributed by atoms with Gasteiger partial charge in [0.15, 0.2) is 5.76 Å².